The lowest BCUT2D eigenvalue weighted by molar-refractivity contribution is -0.122. The van der Waals surface area contributed by atoms with E-state index in [0.717, 1.165) is 19.4 Å². The molecule has 1 aliphatic heterocycles. The lowest BCUT2D eigenvalue weighted by atomic mass is 10.1. The minimum atomic E-state index is -0.538. The van der Waals surface area contributed by atoms with Crippen LogP contribution < -0.4 is 5.32 Å². The summed E-state index contributed by atoms with van der Waals surface area (Å²) in [6.45, 7) is 5.46. The van der Waals surface area contributed by atoms with Gasteiger partial charge in [0.05, 0.1) is 19.7 Å². The number of amides is 1. The Morgan fingerprint density at radius 2 is 2.17 bits per heavy atom. The summed E-state index contributed by atoms with van der Waals surface area (Å²) >= 11 is 0. The normalized spacial score (nSPS) is 21.6. The summed E-state index contributed by atoms with van der Waals surface area (Å²) in [5.41, 5.74) is 0. The minimum Gasteiger partial charge on any atom is -0.453 e. The maximum atomic E-state index is 12.1. The average molecular weight is 256 g/mol. The Hall–Kier alpha value is -1.10. The van der Waals surface area contributed by atoms with Gasteiger partial charge >= 0.3 is 6.09 Å². The second-order valence-electron chi connectivity index (χ2n) is 4.74. The molecule has 0 aromatic rings. The van der Waals surface area contributed by atoms with Crippen LogP contribution in [0.3, 0.4) is 0 Å². The third kappa shape index (κ3) is 3.98. The highest BCUT2D eigenvalue weighted by Crippen LogP contribution is 2.19. The first-order chi connectivity index (χ1) is 8.62. The van der Waals surface area contributed by atoms with E-state index in [4.69, 9.17) is 0 Å². The molecule has 1 N–H and O–H groups in total. The van der Waals surface area contributed by atoms with Crippen LogP contribution in [0.15, 0.2) is 0 Å². The van der Waals surface area contributed by atoms with Gasteiger partial charge in [-0.1, -0.05) is 13.8 Å². The molecule has 104 valence electrons. The monoisotopic (exact) mass is 256 g/mol. The van der Waals surface area contributed by atoms with Crippen molar-refractivity contribution in [1.82, 2.24) is 10.2 Å². The quantitative estimate of drug-likeness (QED) is 0.783. The summed E-state index contributed by atoms with van der Waals surface area (Å²) in [4.78, 5) is 25.5. The Morgan fingerprint density at radius 1 is 1.44 bits per heavy atom. The zero-order chi connectivity index (χ0) is 13.5. The first-order valence-corrected chi connectivity index (χ1v) is 6.73. The van der Waals surface area contributed by atoms with Crippen LogP contribution in [0.25, 0.3) is 0 Å². The van der Waals surface area contributed by atoms with Gasteiger partial charge < -0.3 is 10.1 Å². The van der Waals surface area contributed by atoms with Crippen molar-refractivity contribution in [3.63, 3.8) is 0 Å². The van der Waals surface area contributed by atoms with Gasteiger partial charge in [-0.2, -0.15) is 0 Å². The highest BCUT2D eigenvalue weighted by atomic mass is 16.5. The molecule has 0 aliphatic carbocycles. The predicted octanol–water partition coefficient (Wildman–Crippen LogP) is 1.56. The number of likely N-dealkylation sites (tertiary alicyclic amines) is 1. The number of Topliss-reactive ketones (excluding diaryl/α,β-unsaturated/α-hetero) is 1. The van der Waals surface area contributed by atoms with Crippen LogP contribution in [0, 0.1) is 0 Å². The molecular weight excluding hydrogens is 232 g/mol. The van der Waals surface area contributed by atoms with Crippen LogP contribution in [0.1, 0.15) is 39.5 Å². The number of carbonyl (C=O) groups excluding carboxylic acids is 2. The minimum absolute atomic E-state index is 0.0725. The van der Waals surface area contributed by atoms with Crippen LogP contribution in [-0.2, 0) is 9.53 Å². The van der Waals surface area contributed by atoms with Crippen molar-refractivity contribution in [2.45, 2.75) is 51.6 Å². The highest BCUT2D eigenvalue weighted by molar-refractivity contribution is 5.88. The number of nitrogens with zero attached hydrogens (tertiary/aromatic N) is 1. The van der Waals surface area contributed by atoms with E-state index in [1.165, 1.54) is 13.5 Å². The van der Waals surface area contributed by atoms with Crippen LogP contribution >= 0.6 is 0 Å². The van der Waals surface area contributed by atoms with Gasteiger partial charge in [0.2, 0.25) is 0 Å². The number of nitrogens with one attached hydrogen (secondary N) is 1. The number of ether oxygens (including phenoxy) is 1. The lowest BCUT2D eigenvalue weighted by Gasteiger charge is -2.24. The summed E-state index contributed by atoms with van der Waals surface area (Å²) in [6, 6.07) is 0.0835. The van der Waals surface area contributed by atoms with Gasteiger partial charge in [0.1, 0.15) is 0 Å². The van der Waals surface area contributed by atoms with Crippen molar-refractivity contribution >= 4 is 11.9 Å². The predicted molar refractivity (Wildman–Crippen MR) is 69.5 cm³/mol. The molecule has 0 spiro atoms. The van der Waals surface area contributed by atoms with Gasteiger partial charge in [-0.3, -0.25) is 9.69 Å². The number of rotatable bonds is 6. The number of ketones is 1. The zero-order valence-electron chi connectivity index (χ0n) is 11.6. The molecule has 0 radical (unpaired) electrons. The van der Waals surface area contributed by atoms with Gasteiger partial charge in [0.25, 0.3) is 0 Å². The number of alkyl carbamates (subject to hydrolysis) is 1. The van der Waals surface area contributed by atoms with Crippen molar-refractivity contribution in [1.29, 1.82) is 0 Å². The summed E-state index contributed by atoms with van der Waals surface area (Å²) in [5.74, 6) is 0.0725. The Kier molecular flexibility index (Phi) is 6.12. The second-order valence-corrected chi connectivity index (χ2v) is 4.74. The fraction of sp³-hybridized carbons (Fsp3) is 0.846. The van der Waals surface area contributed by atoms with E-state index in [1.807, 2.05) is 6.92 Å². The molecule has 0 aromatic carbocycles. The smallest absolute Gasteiger partial charge is 0.407 e. The number of methoxy groups -OCH3 is 1. The molecule has 0 aromatic heterocycles. The van der Waals surface area contributed by atoms with E-state index in [0.29, 0.717) is 19.0 Å². The molecule has 1 amide bonds. The molecule has 18 heavy (non-hydrogen) atoms. The molecule has 1 saturated heterocycles. The van der Waals surface area contributed by atoms with Crippen molar-refractivity contribution < 1.29 is 14.3 Å². The lowest BCUT2D eigenvalue weighted by Crippen LogP contribution is -2.46. The van der Waals surface area contributed by atoms with E-state index >= 15 is 0 Å². The average Bonchev–Trinajstić information content (AvgIpc) is 2.82. The Bertz CT molecular complexity index is 294. The van der Waals surface area contributed by atoms with Crippen molar-refractivity contribution in [2.75, 3.05) is 20.2 Å². The van der Waals surface area contributed by atoms with Crippen molar-refractivity contribution in [2.24, 2.45) is 0 Å². The third-order valence-electron chi connectivity index (χ3n) is 3.60. The largest absolute Gasteiger partial charge is 0.453 e. The van der Waals surface area contributed by atoms with Crippen LogP contribution in [0.5, 0.6) is 0 Å². The summed E-state index contributed by atoms with van der Waals surface area (Å²) in [6.07, 6.45) is 3.47. The Labute approximate surface area is 109 Å². The van der Waals surface area contributed by atoms with Gasteiger partial charge in [-0.15, -0.1) is 0 Å². The third-order valence-corrected chi connectivity index (χ3v) is 3.60. The summed E-state index contributed by atoms with van der Waals surface area (Å²) < 4.78 is 4.53. The first kappa shape index (κ1) is 15.0. The topological polar surface area (TPSA) is 58.6 Å². The molecule has 1 unspecified atom stereocenters. The van der Waals surface area contributed by atoms with E-state index < -0.39 is 12.1 Å². The van der Waals surface area contributed by atoms with Gasteiger partial charge in [-0.25, -0.2) is 4.79 Å². The van der Waals surface area contributed by atoms with Crippen LogP contribution in [0.2, 0.25) is 0 Å². The van der Waals surface area contributed by atoms with Crippen molar-refractivity contribution in [3.05, 3.63) is 0 Å². The standard InChI is InChI=1S/C13H24N2O3/c1-4-10-7-6-8-15(10)9-12(16)11(5-2)14-13(17)18-3/h10-11H,4-9H2,1-3H3,(H,14,17)/t10?,11-/m0/s1. The molecular formula is C13H24N2O3. The van der Waals surface area contributed by atoms with Gasteiger partial charge in [-0.05, 0) is 32.2 Å². The molecule has 1 rings (SSSR count). The molecule has 0 saturated carbocycles. The van der Waals surface area contributed by atoms with Gasteiger partial charge in [0.15, 0.2) is 5.78 Å². The second kappa shape index (κ2) is 7.36. The Balaban J connectivity index is 2.49. The molecule has 1 aliphatic rings. The molecule has 2 atom stereocenters. The van der Waals surface area contributed by atoms with Crippen LogP contribution in [-0.4, -0.2) is 49.1 Å². The zero-order valence-corrected chi connectivity index (χ0v) is 11.6. The maximum absolute atomic E-state index is 12.1. The van der Waals surface area contributed by atoms with Crippen molar-refractivity contribution in [3.8, 4) is 0 Å². The molecule has 5 heteroatoms. The van der Waals surface area contributed by atoms with Gasteiger partial charge in [0, 0.05) is 6.04 Å². The summed E-state index contributed by atoms with van der Waals surface area (Å²) in [5, 5.41) is 2.59. The fourth-order valence-electron chi connectivity index (χ4n) is 2.49. The van der Waals surface area contributed by atoms with E-state index in [2.05, 4.69) is 21.9 Å². The van der Waals surface area contributed by atoms with E-state index in [-0.39, 0.29) is 5.78 Å². The number of hydrogen-bond donors (Lipinski definition) is 1. The highest BCUT2D eigenvalue weighted by Gasteiger charge is 2.27. The molecule has 0 bridgehead atoms. The number of carbonyl (C=O) groups is 2. The van der Waals surface area contributed by atoms with E-state index in [9.17, 15) is 9.59 Å². The molecule has 1 fully saturated rings. The van der Waals surface area contributed by atoms with E-state index in [1.54, 1.807) is 0 Å². The SMILES string of the molecule is CCC1CCCN1CC(=O)[C@H](CC)NC(=O)OC. The van der Waals surface area contributed by atoms with Crippen LogP contribution in [0.4, 0.5) is 4.79 Å². The number of hydrogen-bond acceptors (Lipinski definition) is 4. The Morgan fingerprint density at radius 3 is 2.72 bits per heavy atom. The fourth-order valence-corrected chi connectivity index (χ4v) is 2.49. The molecule has 1 heterocycles. The first-order valence-electron chi connectivity index (χ1n) is 6.73. The maximum Gasteiger partial charge on any atom is 0.407 e. The summed E-state index contributed by atoms with van der Waals surface area (Å²) in [7, 11) is 1.31. The molecule has 5 nitrogen and oxygen atoms in total.